The Morgan fingerprint density at radius 1 is 1.14 bits per heavy atom. The van der Waals surface area contributed by atoms with Crippen LogP contribution in [0, 0.1) is 17.8 Å². The Morgan fingerprint density at radius 2 is 2.00 bits per heavy atom. The van der Waals surface area contributed by atoms with E-state index in [1.807, 2.05) is 24.3 Å². The topological polar surface area (TPSA) is 55.6 Å². The molecule has 2 aromatic carbocycles. The summed E-state index contributed by atoms with van der Waals surface area (Å²) in [5.41, 5.74) is 8.45. The summed E-state index contributed by atoms with van der Waals surface area (Å²) >= 11 is 10.5. The third-order valence-electron chi connectivity index (χ3n) is 7.67. The largest absolute Gasteiger partial charge is 0.491 e. The van der Waals surface area contributed by atoms with Crippen LogP contribution >= 0.6 is 24.2 Å². The number of aryl methyl sites for hydroxylation is 1. The standard InChI is InChI=1S/C30H39ClN2O2S/c31-27-11-6-8-22(17-27)7-5-9-23-19-33(20-26-13-12-24(26)10-3-1-2-4-16-36)28-18-25(30(32)34)14-15-29(28)35-21-23/h1,3,6,8,11,14-15,17-18,23-24,26,36H,2,4-5,7,9-10,12-13,16,19-21H2,(H2,32,34)/b3-1+/t23?,24-,26+/m1/s1. The summed E-state index contributed by atoms with van der Waals surface area (Å²) in [7, 11) is 0. The predicted octanol–water partition coefficient (Wildman–Crippen LogP) is 6.96. The van der Waals surface area contributed by atoms with Crippen LogP contribution in [0.25, 0.3) is 0 Å². The summed E-state index contributed by atoms with van der Waals surface area (Å²) < 4.78 is 6.28. The monoisotopic (exact) mass is 526 g/mol. The van der Waals surface area contributed by atoms with E-state index in [2.05, 4.69) is 41.8 Å². The van der Waals surface area contributed by atoms with Crippen LogP contribution in [0.5, 0.6) is 5.75 Å². The molecule has 0 bridgehead atoms. The van der Waals surface area contributed by atoms with Crippen molar-refractivity contribution in [1.82, 2.24) is 0 Å². The van der Waals surface area contributed by atoms with Gasteiger partial charge in [0.25, 0.3) is 0 Å². The quantitative estimate of drug-likeness (QED) is 0.178. The molecule has 2 N–H and O–H groups in total. The minimum Gasteiger partial charge on any atom is -0.491 e. The number of unbranched alkanes of at least 4 members (excludes halogenated alkanes) is 1. The number of anilines is 1. The number of allylic oxidation sites excluding steroid dienone is 2. The van der Waals surface area contributed by atoms with E-state index in [0.29, 0.717) is 24.0 Å². The predicted molar refractivity (Wildman–Crippen MR) is 154 cm³/mol. The molecular weight excluding hydrogens is 488 g/mol. The average Bonchev–Trinajstić information content (AvgIpc) is 3.03. The first-order valence-electron chi connectivity index (χ1n) is 13.4. The summed E-state index contributed by atoms with van der Waals surface area (Å²) in [6.07, 6.45) is 13.8. The molecule has 1 amide bonds. The summed E-state index contributed by atoms with van der Waals surface area (Å²) in [6, 6.07) is 13.8. The number of thiol groups is 1. The number of hydrogen-bond acceptors (Lipinski definition) is 4. The van der Waals surface area contributed by atoms with E-state index < -0.39 is 5.91 Å². The number of rotatable bonds is 12. The highest BCUT2D eigenvalue weighted by molar-refractivity contribution is 7.80. The number of primary amides is 1. The van der Waals surface area contributed by atoms with Gasteiger partial charge < -0.3 is 15.4 Å². The Labute approximate surface area is 226 Å². The molecule has 0 saturated heterocycles. The summed E-state index contributed by atoms with van der Waals surface area (Å²) in [4.78, 5) is 14.4. The maximum Gasteiger partial charge on any atom is 0.248 e. The minimum absolute atomic E-state index is 0.395. The molecule has 4 nitrogen and oxygen atoms in total. The van der Waals surface area contributed by atoms with Gasteiger partial charge in [-0.1, -0.05) is 35.9 Å². The molecule has 1 unspecified atom stereocenters. The van der Waals surface area contributed by atoms with Gasteiger partial charge in [0, 0.05) is 29.6 Å². The van der Waals surface area contributed by atoms with E-state index in [4.69, 9.17) is 22.1 Å². The fourth-order valence-electron chi connectivity index (χ4n) is 5.41. The molecule has 1 saturated carbocycles. The number of carbonyl (C=O) groups excluding carboxylic acids is 1. The first-order chi connectivity index (χ1) is 17.5. The van der Waals surface area contributed by atoms with E-state index in [9.17, 15) is 4.79 Å². The fraction of sp³-hybridized carbons (Fsp3) is 0.500. The van der Waals surface area contributed by atoms with Gasteiger partial charge in [-0.3, -0.25) is 4.79 Å². The molecule has 2 aliphatic rings. The van der Waals surface area contributed by atoms with Gasteiger partial charge in [0.05, 0.1) is 12.3 Å². The van der Waals surface area contributed by atoms with E-state index in [1.165, 1.54) is 18.4 Å². The highest BCUT2D eigenvalue weighted by Crippen LogP contribution is 2.41. The van der Waals surface area contributed by atoms with Crippen molar-refractivity contribution >= 4 is 35.8 Å². The first kappa shape index (κ1) is 26.9. The van der Waals surface area contributed by atoms with Crippen LogP contribution in [-0.4, -0.2) is 31.4 Å². The molecule has 2 aromatic rings. The van der Waals surface area contributed by atoms with Crippen molar-refractivity contribution in [3.8, 4) is 5.75 Å². The van der Waals surface area contributed by atoms with Crippen molar-refractivity contribution < 1.29 is 9.53 Å². The van der Waals surface area contributed by atoms with Gasteiger partial charge in [-0.15, -0.1) is 0 Å². The van der Waals surface area contributed by atoms with Gasteiger partial charge in [0.2, 0.25) is 5.91 Å². The van der Waals surface area contributed by atoms with Crippen LogP contribution in [0.2, 0.25) is 5.02 Å². The number of benzene rings is 2. The number of amides is 1. The third kappa shape index (κ3) is 7.45. The molecule has 6 heteroatoms. The molecule has 1 aliphatic heterocycles. The van der Waals surface area contributed by atoms with E-state index >= 15 is 0 Å². The Kier molecular flexibility index (Phi) is 10.1. The van der Waals surface area contributed by atoms with E-state index in [0.717, 1.165) is 79.7 Å². The van der Waals surface area contributed by atoms with Crippen LogP contribution in [0.15, 0.2) is 54.6 Å². The SMILES string of the molecule is NC(=O)c1ccc2c(c1)N(C[C@@H]1CC[C@H]1C/C=C/CCCS)CC(CCCc1cccc(Cl)c1)CO2. The third-order valence-corrected chi connectivity index (χ3v) is 8.22. The first-order valence-corrected chi connectivity index (χ1v) is 14.4. The lowest BCUT2D eigenvalue weighted by Gasteiger charge is -2.41. The molecule has 0 spiro atoms. The smallest absolute Gasteiger partial charge is 0.248 e. The van der Waals surface area contributed by atoms with Gasteiger partial charge in [-0.2, -0.15) is 12.6 Å². The Morgan fingerprint density at radius 3 is 2.75 bits per heavy atom. The molecule has 1 aliphatic carbocycles. The molecule has 0 radical (unpaired) electrons. The molecule has 3 atom stereocenters. The molecule has 1 heterocycles. The summed E-state index contributed by atoms with van der Waals surface area (Å²) in [5, 5.41) is 0.795. The fourth-order valence-corrected chi connectivity index (χ4v) is 5.81. The lowest BCUT2D eigenvalue weighted by atomic mass is 9.71. The van der Waals surface area contributed by atoms with Crippen molar-refractivity contribution in [2.24, 2.45) is 23.5 Å². The number of nitrogens with zero attached hydrogens (tertiary/aromatic N) is 1. The molecule has 4 rings (SSSR count). The van der Waals surface area contributed by atoms with Gasteiger partial charge in [-0.05, 0) is 105 Å². The number of ether oxygens (including phenoxy) is 1. The van der Waals surface area contributed by atoms with Crippen molar-refractivity contribution in [2.45, 2.75) is 51.4 Å². The number of hydrogen-bond donors (Lipinski definition) is 2. The van der Waals surface area contributed by atoms with Crippen LogP contribution < -0.4 is 15.4 Å². The second kappa shape index (κ2) is 13.4. The lowest BCUT2D eigenvalue weighted by molar-refractivity contribution is 0.100. The number of nitrogens with two attached hydrogens (primary N) is 1. The van der Waals surface area contributed by atoms with Crippen molar-refractivity contribution in [3.63, 3.8) is 0 Å². The molecule has 0 aromatic heterocycles. The highest BCUT2D eigenvalue weighted by atomic mass is 35.5. The van der Waals surface area contributed by atoms with Crippen LogP contribution in [-0.2, 0) is 6.42 Å². The van der Waals surface area contributed by atoms with Gasteiger partial charge in [-0.25, -0.2) is 0 Å². The zero-order valence-corrected chi connectivity index (χ0v) is 22.7. The van der Waals surface area contributed by atoms with Crippen molar-refractivity contribution in [1.29, 1.82) is 0 Å². The molecule has 1 fully saturated rings. The zero-order chi connectivity index (χ0) is 25.3. The maximum atomic E-state index is 11.9. The van der Waals surface area contributed by atoms with Crippen LogP contribution in [0.3, 0.4) is 0 Å². The van der Waals surface area contributed by atoms with E-state index in [-0.39, 0.29) is 0 Å². The second-order valence-corrected chi connectivity index (χ2v) is 11.2. The number of fused-ring (bicyclic) bond motifs is 1. The van der Waals surface area contributed by atoms with Crippen LogP contribution in [0.4, 0.5) is 5.69 Å². The number of carbonyl (C=O) groups is 1. The molecular formula is C30H39ClN2O2S. The van der Waals surface area contributed by atoms with Gasteiger partial charge in [0.15, 0.2) is 0 Å². The zero-order valence-electron chi connectivity index (χ0n) is 21.1. The maximum absolute atomic E-state index is 11.9. The average molecular weight is 527 g/mol. The Hall–Kier alpha value is -2.11. The van der Waals surface area contributed by atoms with E-state index in [1.54, 1.807) is 6.07 Å². The van der Waals surface area contributed by atoms with Crippen molar-refractivity contribution in [3.05, 3.63) is 70.8 Å². The Bertz CT molecular complexity index is 1040. The second-order valence-electron chi connectivity index (χ2n) is 10.3. The minimum atomic E-state index is -0.395. The summed E-state index contributed by atoms with van der Waals surface area (Å²) in [5.74, 6) is 3.22. The Balaban J connectivity index is 1.42. The molecule has 194 valence electrons. The van der Waals surface area contributed by atoms with Gasteiger partial charge >= 0.3 is 0 Å². The van der Waals surface area contributed by atoms with Crippen molar-refractivity contribution in [2.75, 3.05) is 30.3 Å². The summed E-state index contributed by atoms with van der Waals surface area (Å²) in [6.45, 7) is 2.63. The normalized spacial score (nSPS) is 21.5. The van der Waals surface area contributed by atoms with Gasteiger partial charge in [0.1, 0.15) is 5.75 Å². The number of halogens is 1. The molecule has 36 heavy (non-hydrogen) atoms. The highest BCUT2D eigenvalue weighted by Gasteiger charge is 2.33. The lowest BCUT2D eigenvalue weighted by Crippen LogP contribution is -2.40. The van der Waals surface area contributed by atoms with Crippen LogP contribution in [0.1, 0.15) is 60.9 Å².